The van der Waals surface area contributed by atoms with E-state index in [9.17, 15) is 9.59 Å². The topological polar surface area (TPSA) is 84.2 Å². The van der Waals surface area contributed by atoms with E-state index in [0.29, 0.717) is 22.2 Å². The number of aryl methyl sites for hydroxylation is 1. The average Bonchev–Trinajstić information content (AvgIpc) is 2.72. The highest BCUT2D eigenvalue weighted by molar-refractivity contribution is 6.02. The molecule has 29 heavy (non-hydrogen) atoms. The number of fused-ring (bicyclic) bond motifs is 1. The molecular formula is C23H19N3O3. The van der Waals surface area contributed by atoms with Gasteiger partial charge >= 0.3 is 11.7 Å². The number of nitrogens with zero attached hydrogens (tertiary/aromatic N) is 1. The molecule has 6 nitrogen and oxygen atoms in total. The molecule has 1 aromatic heterocycles. The van der Waals surface area contributed by atoms with Crippen LogP contribution in [-0.2, 0) is 0 Å². The molecule has 0 spiro atoms. The molecule has 4 rings (SSSR count). The molecule has 144 valence electrons. The quantitative estimate of drug-likeness (QED) is 0.513. The van der Waals surface area contributed by atoms with E-state index < -0.39 is 11.7 Å². The fourth-order valence-electron chi connectivity index (χ4n) is 3.07. The number of para-hydroxylation sites is 2. The van der Waals surface area contributed by atoms with Crippen LogP contribution in [0.4, 0.5) is 16.2 Å². The second kappa shape index (κ2) is 7.59. The van der Waals surface area contributed by atoms with Crippen molar-refractivity contribution in [2.24, 2.45) is 0 Å². The van der Waals surface area contributed by atoms with E-state index in [4.69, 9.17) is 4.42 Å². The maximum absolute atomic E-state index is 12.6. The number of amides is 2. The minimum atomic E-state index is -0.472. The minimum Gasteiger partial charge on any atom is -0.403 e. The summed E-state index contributed by atoms with van der Waals surface area (Å²) in [5.74, 6) is 0.149. The normalized spacial score (nSPS) is 10.7. The number of anilines is 2. The monoisotopic (exact) mass is 385 g/mol. The van der Waals surface area contributed by atoms with Crippen molar-refractivity contribution in [3.8, 4) is 11.5 Å². The van der Waals surface area contributed by atoms with Crippen molar-refractivity contribution < 1.29 is 9.21 Å². The molecule has 2 N–H and O–H groups in total. The number of hydrogen-bond acceptors (Lipinski definition) is 4. The summed E-state index contributed by atoms with van der Waals surface area (Å²) >= 11 is 0. The van der Waals surface area contributed by atoms with Gasteiger partial charge in [-0.2, -0.15) is 0 Å². The summed E-state index contributed by atoms with van der Waals surface area (Å²) in [5, 5.41) is 6.09. The van der Waals surface area contributed by atoms with Gasteiger partial charge in [0.1, 0.15) is 0 Å². The number of aromatic nitrogens is 1. The van der Waals surface area contributed by atoms with Crippen LogP contribution in [0.25, 0.3) is 22.4 Å². The van der Waals surface area contributed by atoms with Gasteiger partial charge in [0.05, 0.1) is 22.2 Å². The van der Waals surface area contributed by atoms with E-state index in [-0.39, 0.29) is 5.89 Å². The second-order valence-electron chi connectivity index (χ2n) is 6.70. The van der Waals surface area contributed by atoms with Crippen LogP contribution >= 0.6 is 0 Å². The number of urea groups is 1. The molecule has 0 bridgehead atoms. The molecule has 0 fully saturated rings. The number of carbonyl (C=O) groups is 1. The van der Waals surface area contributed by atoms with Gasteiger partial charge in [0.15, 0.2) is 0 Å². The third-order valence-electron chi connectivity index (χ3n) is 4.79. The van der Waals surface area contributed by atoms with Crippen molar-refractivity contribution in [2.75, 3.05) is 10.6 Å². The SMILES string of the molecule is Cc1cccc(NC(=O)Nc2ccccc2-c2nc3ccccc3c(=O)o2)c1C. The molecule has 0 aliphatic carbocycles. The summed E-state index contributed by atoms with van der Waals surface area (Å²) in [6, 6.07) is 19.4. The summed E-state index contributed by atoms with van der Waals surface area (Å²) < 4.78 is 5.41. The third-order valence-corrected chi connectivity index (χ3v) is 4.79. The molecule has 2 amide bonds. The van der Waals surface area contributed by atoms with E-state index in [1.807, 2.05) is 32.0 Å². The van der Waals surface area contributed by atoms with Crippen molar-refractivity contribution in [1.82, 2.24) is 4.98 Å². The van der Waals surface area contributed by atoms with Crippen molar-refractivity contribution in [3.05, 3.63) is 88.3 Å². The Morgan fingerprint density at radius 3 is 2.41 bits per heavy atom. The lowest BCUT2D eigenvalue weighted by Crippen LogP contribution is -2.20. The first-order valence-corrected chi connectivity index (χ1v) is 9.16. The Hall–Kier alpha value is -3.93. The first-order valence-electron chi connectivity index (χ1n) is 9.16. The average molecular weight is 385 g/mol. The molecule has 0 unspecified atom stereocenters. The van der Waals surface area contributed by atoms with Crippen LogP contribution in [0, 0.1) is 13.8 Å². The number of nitrogens with one attached hydrogen (secondary N) is 2. The molecule has 1 heterocycles. The highest BCUT2D eigenvalue weighted by Crippen LogP contribution is 2.27. The van der Waals surface area contributed by atoms with Crippen LogP contribution in [0.1, 0.15) is 11.1 Å². The van der Waals surface area contributed by atoms with Gasteiger partial charge < -0.3 is 15.1 Å². The fourth-order valence-corrected chi connectivity index (χ4v) is 3.07. The number of rotatable bonds is 3. The Bertz CT molecular complexity index is 1280. The van der Waals surface area contributed by atoms with Crippen LogP contribution in [0.5, 0.6) is 0 Å². The lowest BCUT2D eigenvalue weighted by atomic mass is 10.1. The van der Waals surface area contributed by atoms with Gasteiger partial charge in [-0.15, -0.1) is 0 Å². The van der Waals surface area contributed by atoms with Gasteiger partial charge in [-0.25, -0.2) is 14.6 Å². The Morgan fingerprint density at radius 1 is 0.862 bits per heavy atom. The lowest BCUT2D eigenvalue weighted by Gasteiger charge is -2.13. The van der Waals surface area contributed by atoms with Gasteiger partial charge in [0, 0.05) is 5.69 Å². The van der Waals surface area contributed by atoms with Crippen LogP contribution < -0.4 is 16.3 Å². The van der Waals surface area contributed by atoms with Crippen molar-refractivity contribution >= 4 is 28.3 Å². The summed E-state index contributed by atoms with van der Waals surface area (Å²) in [6.45, 7) is 3.94. The largest absolute Gasteiger partial charge is 0.403 e. The number of carbonyl (C=O) groups excluding carboxylic acids is 1. The molecule has 3 aromatic carbocycles. The summed E-state index contributed by atoms with van der Waals surface area (Å²) in [7, 11) is 0. The Labute approximate surface area is 167 Å². The molecule has 6 heteroatoms. The van der Waals surface area contributed by atoms with Crippen LogP contribution in [0.2, 0.25) is 0 Å². The Morgan fingerprint density at radius 2 is 1.55 bits per heavy atom. The van der Waals surface area contributed by atoms with Gasteiger partial charge in [-0.1, -0.05) is 36.4 Å². The molecule has 4 aromatic rings. The maximum Gasteiger partial charge on any atom is 0.347 e. The predicted octanol–water partition coefficient (Wildman–Crippen LogP) is 5.12. The van der Waals surface area contributed by atoms with Gasteiger partial charge in [0.25, 0.3) is 0 Å². The molecule has 0 aliphatic rings. The van der Waals surface area contributed by atoms with Gasteiger partial charge in [-0.05, 0) is 55.3 Å². The van der Waals surface area contributed by atoms with Crippen molar-refractivity contribution in [3.63, 3.8) is 0 Å². The summed E-state index contributed by atoms with van der Waals surface area (Å²) in [4.78, 5) is 29.3. The van der Waals surface area contributed by atoms with E-state index in [1.54, 1.807) is 48.5 Å². The second-order valence-corrected chi connectivity index (χ2v) is 6.70. The molecule has 0 saturated heterocycles. The van der Waals surface area contributed by atoms with Gasteiger partial charge in [0.2, 0.25) is 5.89 Å². The van der Waals surface area contributed by atoms with Crippen LogP contribution in [-0.4, -0.2) is 11.0 Å². The van der Waals surface area contributed by atoms with E-state index in [1.165, 1.54) is 0 Å². The zero-order valence-corrected chi connectivity index (χ0v) is 16.0. The van der Waals surface area contributed by atoms with E-state index in [0.717, 1.165) is 16.8 Å². The van der Waals surface area contributed by atoms with Crippen molar-refractivity contribution in [1.29, 1.82) is 0 Å². The zero-order valence-electron chi connectivity index (χ0n) is 16.0. The van der Waals surface area contributed by atoms with Crippen LogP contribution in [0.3, 0.4) is 0 Å². The molecule has 0 radical (unpaired) electrons. The van der Waals surface area contributed by atoms with Crippen LogP contribution in [0.15, 0.2) is 75.9 Å². The summed E-state index contributed by atoms with van der Waals surface area (Å²) in [5.41, 5.74) is 3.89. The number of benzene rings is 3. The Balaban J connectivity index is 1.66. The van der Waals surface area contributed by atoms with Gasteiger partial charge in [-0.3, -0.25) is 0 Å². The number of hydrogen-bond donors (Lipinski definition) is 2. The first-order chi connectivity index (χ1) is 14.0. The molecule has 0 atom stereocenters. The first kappa shape index (κ1) is 18.4. The van der Waals surface area contributed by atoms with E-state index in [2.05, 4.69) is 15.6 Å². The third kappa shape index (κ3) is 3.73. The summed E-state index contributed by atoms with van der Waals surface area (Å²) in [6.07, 6.45) is 0. The smallest absolute Gasteiger partial charge is 0.347 e. The lowest BCUT2D eigenvalue weighted by molar-refractivity contribution is 0.262. The molecular weight excluding hydrogens is 366 g/mol. The minimum absolute atomic E-state index is 0.149. The maximum atomic E-state index is 12.6. The zero-order chi connectivity index (χ0) is 20.4. The Kier molecular flexibility index (Phi) is 4.83. The fraction of sp³-hybridized carbons (Fsp3) is 0.0870. The predicted molar refractivity (Wildman–Crippen MR) is 114 cm³/mol. The highest BCUT2D eigenvalue weighted by atomic mass is 16.4. The molecule has 0 saturated carbocycles. The standard InChI is InChI=1S/C23H19N3O3/c1-14-8-7-13-18(15(14)2)25-23(28)26-19-11-5-3-9-16(19)21-24-20-12-6-4-10-17(20)22(27)29-21/h3-13H,1-2H3,(H2,25,26,28). The highest BCUT2D eigenvalue weighted by Gasteiger charge is 2.14. The molecule has 0 aliphatic heterocycles. The van der Waals surface area contributed by atoms with Crippen molar-refractivity contribution in [2.45, 2.75) is 13.8 Å². The van der Waals surface area contributed by atoms with E-state index >= 15 is 0 Å².